The van der Waals surface area contributed by atoms with Crippen molar-refractivity contribution in [1.82, 2.24) is 9.97 Å². The molecule has 0 aliphatic carbocycles. The van der Waals surface area contributed by atoms with Gasteiger partial charge in [-0.15, -0.1) is 34.0 Å². The monoisotopic (exact) mass is 375 g/mol. The van der Waals surface area contributed by atoms with E-state index in [1.165, 1.54) is 0 Å². The zero-order chi connectivity index (χ0) is 8.27. The third-order valence-corrected chi connectivity index (χ3v) is 2.01. The summed E-state index contributed by atoms with van der Waals surface area (Å²) in [6, 6.07) is 0. The molecule has 1 aromatic heterocycles. The van der Waals surface area contributed by atoms with Crippen LogP contribution in [0.25, 0.3) is 0 Å². The van der Waals surface area contributed by atoms with Crippen LogP contribution in [0.2, 0.25) is 0 Å². The molecule has 0 aliphatic heterocycles. The minimum absolute atomic E-state index is 0. The fraction of sp³-hybridized carbons (Fsp3) is 0.429. The predicted octanol–water partition coefficient (Wildman–Crippen LogP) is 2.67. The van der Waals surface area contributed by atoms with Gasteiger partial charge in [-0.2, -0.15) is 0 Å². The number of aryl methyl sites for hydroxylation is 1. The van der Waals surface area contributed by atoms with Gasteiger partial charge in [0.1, 0.15) is 11.6 Å². The summed E-state index contributed by atoms with van der Waals surface area (Å²) in [5.41, 5.74) is 6.57. The normalized spacial score (nSPS) is 8.46. The summed E-state index contributed by atoms with van der Waals surface area (Å²) in [6.07, 6.45) is 2.59. The number of halogens is 3. The molecule has 0 aromatic carbocycles. The van der Waals surface area contributed by atoms with E-state index in [1.807, 2.05) is 6.92 Å². The lowest BCUT2D eigenvalue weighted by Crippen LogP contribution is -2.01. The molecule has 6 heteroatoms. The zero-order valence-electron chi connectivity index (χ0n) is 7.16. The second kappa shape index (κ2) is 7.70. The van der Waals surface area contributed by atoms with Crippen molar-refractivity contribution in [3.05, 3.63) is 17.6 Å². The van der Waals surface area contributed by atoms with Gasteiger partial charge in [-0.05, 0) is 0 Å². The Labute approximate surface area is 107 Å². The van der Waals surface area contributed by atoms with E-state index in [0.29, 0.717) is 11.1 Å². The Balaban J connectivity index is 0. The number of aromatic nitrogens is 2. The summed E-state index contributed by atoms with van der Waals surface area (Å²) in [7, 11) is 0. The summed E-state index contributed by atoms with van der Waals surface area (Å²) in [5, 5.41) is 0.711. The van der Waals surface area contributed by atoms with Gasteiger partial charge in [0, 0.05) is 23.5 Å². The molecule has 1 aromatic rings. The van der Waals surface area contributed by atoms with E-state index in [1.54, 1.807) is 6.20 Å². The van der Waals surface area contributed by atoms with Crippen molar-refractivity contribution < 1.29 is 0 Å². The van der Waals surface area contributed by atoms with Crippen LogP contribution in [0.5, 0.6) is 0 Å². The number of hydrogen-bond acceptors (Lipinski definition) is 3. The standard InChI is InChI=1S/C7H10BrN3.2BrH/c1-2-6-10-4-5(3-8)7(9)11-6;;/h4H,2-3H2,1H3,(H2,9,10,11);2*1H. The molecule has 0 atom stereocenters. The smallest absolute Gasteiger partial charge is 0.131 e. The summed E-state index contributed by atoms with van der Waals surface area (Å²) in [6.45, 7) is 2.00. The highest BCUT2D eigenvalue weighted by atomic mass is 79.9. The van der Waals surface area contributed by atoms with E-state index < -0.39 is 0 Å². The van der Waals surface area contributed by atoms with Crippen LogP contribution in [-0.2, 0) is 11.8 Å². The number of anilines is 1. The molecule has 0 unspecified atom stereocenters. The maximum absolute atomic E-state index is 5.63. The van der Waals surface area contributed by atoms with Crippen LogP contribution >= 0.6 is 49.9 Å². The van der Waals surface area contributed by atoms with Crippen LogP contribution in [0.15, 0.2) is 6.20 Å². The Morgan fingerprint density at radius 3 is 2.46 bits per heavy atom. The first-order valence-corrected chi connectivity index (χ1v) is 4.56. The van der Waals surface area contributed by atoms with Gasteiger partial charge in [-0.25, -0.2) is 9.97 Å². The first-order chi connectivity index (χ1) is 5.27. The van der Waals surface area contributed by atoms with Crippen molar-refractivity contribution in [3.8, 4) is 0 Å². The Morgan fingerprint density at radius 1 is 1.46 bits per heavy atom. The number of nitrogens with zero attached hydrogens (tertiary/aromatic N) is 2. The van der Waals surface area contributed by atoms with Crippen LogP contribution < -0.4 is 5.73 Å². The first kappa shape index (κ1) is 15.8. The van der Waals surface area contributed by atoms with Gasteiger partial charge in [-0.3, -0.25) is 0 Å². The van der Waals surface area contributed by atoms with Crippen LogP contribution in [-0.4, -0.2) is 9.97 Å². The molecule has 0 amide bonds. The van der Waals surface area contributed by atoms with E-state index >= 15 is 0 Å². The van der Waals surface area contributed by atoms with Crippen molar-refractivity contribution in [2.45, 2.75) is 18.7 Å². The summed E-state index contributed by atoms with van der Waals surface area (Å²) >= 11 is 3.29. The number of rotatable bonds is 2. The highest BCUT2D eigenvalue weighted by molar-refractivity contribution is 9.08. The predicted molar refractivity (Wildman–Crippen MR) is 69.1 cm³/mol. The molecule has 76 valence electrons. The van der Waals surface area contributed by atoms with Crippen molar-refractivity contribution >= 4 is 55.7 Å². The van der Waals surface area contributed by atoms with E-state index in [-0.39, 0.29) is 34.0 Å². The molecule has 0 radical (unpaired) electrons. The minimum atomic E-state index is 0. The fourth-order valence-corrected chi connectivity index (χ4v) is 1.16. The van der Waals surface area contributed by atoms with Crippen LogP contribution in [0.4, 0.5) is 5.82 Å². The number of alkyl halides is 1. The fourth-order valence-electron chi connectivity index (χ4n) is 0.732. The lowest BCUT2D eigenvalue weighted by molar-refractivity contribution is 0.934. The molecule has 1 rings (SSSR count). The molecule has 0 spiro atoms. The molecule has 0 saturated carbocycles. The maximum atomic E-state index is 5.63. The van der Waals surface area contributed by atoms with Gasteiger partial charge in [-0.1, -0.05) is 22.9 Å². The van der Waals surface area contributed by atoms with E-state index in [0.717, 1.165) is 17.8 Å². The lowest BCUT2D eigenvalue weighted by atomic mass is 10.3. The second-order valence-electron chi connectivity index (χ2n) is 2.18. The Morgan fingerprint density at radius 2 is 2.08 bits per heavy atom. The van der Waals surface area contributed by atoms with Crippen LogP contribution in [0.3, 0.4) is 0 Å². The van der Waals surface area contributed by atoms with Gasteiger partial charge in [0.15, 0.2) is 0 Å². The highest BCUT2D eigenvalue weighted by Gasteiger charge is 1.99. The van der Waals surface area contributed by atoms with Gasteiger partial charge in [0.05, 0.1) is 0 Å². The molecule has 0 aliphatic rings. The summed E-state index contributed by atoms with van der Waals surface area (Å²) in [5.74, 6) is 1.38. The first-order valence-electron chi connectivity index (χ1n) is 3.44. The second-order valence-corrected chi connectivity index (χ2v) is 2.74. The Kier molecular flexibility index (Phi) is 9.34. The number of nitrogen functional groups attached to an aromatic ring is 1. The molecule has 13 heavy (non-hydrogen) atoms. The zero-order valence-corrected chi connectivity index (χ0v) is 12.2. The lowest BCUT2D eigenvalue weighted by Gasteiger charge is -2.01. The molecule has 0 saturated heterocycles. The van der Waals surface area contributed by atoms with Gasteiger partial charge < -0.3 is 5.73 Å². The summed E-state index contributed by atoms with van der Waals surface area (Å²) in [4.78, 5) is 8.21. The third-order valence-electron chi connectivity index (χ3n) is 1.41. The number of nitrogens with two attached hydrogens (primary N) is 1. The SMILES string of the molecule is Br.Br.CCc1ncc(CBr)c(N)n1. The number of hydrogen-bond donors (Lipinski definition) is 1. The van der Waals surface area contributed by atoms with Crippen molar-refractivity contribution in [3.63, 3.8) is 0 Å². The van der Waals surface area contributed by atoms with Crippen molar-refractivity contribution in [2.75, 3.05) is 5.73 Å². The van der Waals surface area contributed by atoms with Crippen LogP contribution in [0, 0.1) is 0 Å². The van der Waals surface area contributed by atoms with E-state index in [2.05, 4.69) is 25.9 Å². The largest absolute Gasteiger partial charge is 0.383 e. The molecule has 2 N–H and O–H groups in total. The maximum Gasteiger partial charge on any atom is 0.131 e. The van der Waals surface area contributed by atoms with Crippen LogP contribution in [0.1, 0.15) is 18.3 Å². The average Bonchev–Trinajstić information content (AvgIpc) is 2.04. The molecular formula is C7H12Br3N3. The van der Waals surface area contributed by atoms with Gasteiger partial charge >= 0.3 is 0 Å². The van der Waals surface area contributed by atoms with Crippen molar-refractivity contribution in [1.29, 1.82) is 0 Å². The van der Waals surface area contributed by atoms with E-state index in [4.69, 9.17) is 5.73 Å². The minimum Gasteiger partial charge on any atom is -0.383 e. The molecule has 0 fully saturated rings. The molecule has 0 bridgehead atoms. The summed E-state index contributed by atoms with van der Waals surface area (Å²) < 4.78 is 0. The van der Waals surface area contributed by atoms with Gasteiger partial charge in [0.2, 0.25) is 0 Å². The van der Waals surface area contributed by atoms with Crippen molar-refractivity contribution in [2.24, 2.45) is 0 Å². The van der Waals surface area contributed by atoms with Gasteiger partial charge in [0.25, 0.3) is 0 Å². The quantitative estimate of drug-likeness (QED) is 0.806. The Hall–Kier alpha value is 0.320. The average molecular weight is 378 g/mol. The third kappa shape index (κ3) is 4.37. The topological polar surface area (TPSA) is 51.8 Å². The molecule has 1 heterocycles. The highest BCUT2D eigenvalue weighted by Crippen LogP contribution is 2.10. The molecule has 3 nitrogen and oxygen atoms in total. The van der Waals surface area contributed by atoms with E-state index in [9.17, 15) is 0 Å². The molecular weight excluding hydrogens is 366 g/mol. The Bertz CT molecular complexity index is 255.